The Morgan fingerprint density at radius 2 is 1.80 bits per heavy atom. The van der Waals surface area contributed by atoms with E-state index in [1.807, 2.05) is 42.5 Å². The first-order chi connectivity index (χ1) is 19.3. The SMILES string of the molecule is COc1ccc2c(c1)C(c1ccc(Cl)cc1)=N[C@@H](CC(=O)NCCOc1ccc(B(O)O)cc1)C1NNC(C)N21. The van der Waals surface area contributed by atoms with E-state index < -0.39 is 13.2 Å². The van der Waals surface area contributed by atoms with Crippen LogP contribution in [-0.4, -0.2) is 67.4 Å². The molecule has 40 heavy (non-hydrogen) atoms. The molecule has 3 atom stereocenters. The van der Waals surface area contributed by atoms with Crippen LogP contribution in [0.5, 0.6) is 11.5 Å². The number of carbonyl (C=O) groups excluding carboxylic acids is 1. The number of anilines is 1. The van der Waals surface area contributed by atoms with E-state index in [1.54, 1.807) is 31.4 Å². The molecule has 2 aliphatic rings. The molecule has 0 radical (unpaired) electrons. The summed E-state index contributed by atoms with van der Waals surface area (Å²) < 4.78 is 11.2. The van der Waals surface area contributed by atoms with Gasteiger partial charge in [-0.3, -0.25) is 9.79 Å². The maximum absolute atomic E-state index is 13.1. The molecule has 208 valence electrons. The molecule has 10 nitrogen and oxygen atoms in total. The van der Waals surface area contributed by atoms with Crippen LogP contribution in [0.2, 0.25) is 5.02 Å². The van der Waals surface area contributed by atoms with Crippen LogP contribution in [0.4, 0.5) is 5.69 Å². The molecule has 1 amide bonds. The standard InChI is InChI=1S/C28H31BClN5O5/c1-17-33-34-28-24(16-26(36)31-13-14-40-21-9-5-19(6-10-21)29(37)38)32-27(18-3-7-20(30)8-4-18)23-15-22(39-2)11-12-25(23)35(17)28/h3-12,15,17,24,28,33-34,37-38H,13-14,16H2,1-2H3,(H,31,36)/t17?,24-,28?/m0/s1. The molecule has 0 bridgehead atoms. The summed E-state index contributed by atoms with van der Waals surface area (Å²) in [4.78, 5) is 20.4. The Morgan fingerprint density at radius 3 is 2.50 bits per heavy atom. The normalized spacial score (nSPS) is 19.7. The summed E-state index contributed by atoms with van der Waals surface area (Å²) in [5, 5.41) is 22.0. The molecule has 3 aromatic carbocycles. The monoisotopic (exact) mass is 563 g/mol. The number of hydrazine groups is 1. The van der Waals surface area contributed by atoms with E-state index in [4.69, 9.17) is 26.1 Å². The van der Waals surface area contributed by atoms with Crippen LogP contribution in [0.25, 0.3) is 0 Å². The molecule has 0 saturated carbocycles. The summed E-state index contributed by atoms with van der Waals surface area (Å²) in [7, 11) is 0.103. The topological polar surface area (TPSA) is 128 Å². The second-order valence-electron chi connectivity index (χ2n) is 9.60. The van der Waals surface area contributed by atoms with E-state index in [-0.39, 0.29) is 31.3 Å². The van der Waals surface area contributed by atoms with Gasteiger partial charge in [0.05, 0.1) is 38.0 Å². The first kappa shape index (κ1) is 27.9. The van der Waals surface area contributed by atoms with Gasteiger partial charge >= 0.3 is 7.12 Å². The third-order valence-corrected chi connectivity index (χ3v) is 7.19. The van der Waals surface area contributed by atoms with Crippen molar-refractivity contribution in [3.05, 3.63) is 82.9 Å². The van der Waals surface area contributed by atoms with Gasteiger partial charge in [-0.25, -0.2) is 10.9 Å². The van der Waals surface area contributed by atoms with Crippen LogP contribution in [0.1, 0.15) is 24.5 Å². The lowest BCUT2D eigenvalue weighted by molar-refractivity contribution is -0.121. The molecular weight excluding hydrogens is 533 g/mol. The Balaban J connectivity index is 1.34. The van der Waals surface area contributed by atoms with E-state index in [1.165, 1.54) is 0 Å². The smallest absolute Gasteiger partial charge is 0.488 e. The van der Waals surface area contributed by atoms with Gasteiger partial charge in [-0.15, -0.1) is 0 Å². The minimum atomic E-state index is -1.53. The van der Waals surface area contributed by atoms with Crippen molar-refractivity contribution < 1.29 is 24.3 Å². The molecule has 2 unspecified atom stereocenters. The Morgan fingerprint density at radius 1 is 1.07 bits per heavy atom. The van der Waals surface area contributed by atoms with Gasteiger partial charge in [0.15, 0.2) is 0 Å². The van der Waals surface area contributed by atoms with Crippen molar-refractivity contribution in [2.24, 2.45) is 4.99 Å². The number of benzene rings is 3. The minimum Gasteiger partial charge on any atom is -0.497 e. The molecule has 2 aliphatic heterocycles. The number of fused-ring (bicyclic) bond motifs is 3. The van der Waals surface area contributed by atoms with Crippen LogP contribution < -0.4 is 36.0 Å². The van der Waals surface area contributed by atoms with Crippen molar-refractivity contribution in [2.75, 3.05) is 25.2 Å². The highest BCUT2D eigenvalue weighted by atomic mass is 35.5. The summed E-state index contributed by atoms with van der Waals surface area (Å²) in [5.41, 5.74) is 10.5. The Bertz CT molecular complexity index is 1370. The van der Waals surface area contributed by atoms with Crippen LogP contribution in [0, 0.1) is 0 Å². The number of hydrogen-bond donors (Lipinski definition) is 5. The van der Waals surface area contributed by atoms with Crippen molar-refractivity contribution >= 4 is 41.5 Å². The van der Waals surface area contributed by atoms with Gasteiger partial charge in [0.25, 0.3) is 0 Å². The van der Waals surface area contributed by atoms with E-state index in [0.717, 1.165) is 22.5 Å². The van der Waals surface area contributed by atoms with Gasteiger partial charge in [-0.1, -0.05) is 35.9 Å². The predicted octanol–water partition coefficient (Wildman–Crippen LogP) is 1.42. The number of aliphatic imine (C=N–C) groups is 1. The molecule has 1 fully saturated rings. The average molecular weight is 564 g/mol. The maximum Gasteiger partial charge on any atom is 0.488 e. The molecule has 0 aliphatic carbocycles. The highest BCUT2D eigenvalue weighted by Gasteiger charge is 2.40. The lowest BCUT2D eigenvalue weighted by Gasteiger charge is -2.31. The largest absolute Gasteiger partial charge is 0.497 e. The van der Waals surface area contributed by atoms with Crippen LogP contribution >= 0.6 is 11.6 Å². The molecule has 1 saturated heterocycles. The lowest BCUT2D eigenvalue weighted by atomic mass is 9.80. The van der Waals surface area contributed by atoms with Gasteiger partial charge in [-0.2, -0.15) is 0 Å². The van der Waals surface area contributed by atoms with Gasteiger partial charge in [0, 0.05) is 21.8 Å². The molecule has 5 N–H and O–H groups in total. The summed E-state index contributed by atoms with van der Waals surface area (Å²) in [6.07, 6.45) is -0.169. The van der Waals surface area contributed by atoms with Crippen LogP contribution in [0.15, 0.2) is 71.7 Å². The number of hydrogen-bond acceptors (Lipinski definition) is 9. The number of nitrogens with one attached hydrogen (secondary N) is 3. The van der Waals surface area contributed by atoms with Crippen molar-refractivity contribution in [3.63, 3.8) is 0 Å². The average Bonchev–Trinajstić information content (AvgIpc) is 3.28. The summed E-state index contributed by atoms with van der Waals surface area (Å²) in [6, 6.07) is 19.5. The van der Waals surface area contributed by atoms with Gasteiger partial charge in [-0.05, 0) is 54.9 Å². The van der Waals surface area contributed by atoms with Gasteiger partial charge in [0.2, 0.25) is 5.91 Å². The van der Waals surface area contributed by atoms with E-state index in [2.05, 4.69) is 28.0 Å². The molecule has 12 heteroatoms. The number of nitrogens with zero attached hydrogens (tertiary/aromatic N) is 2. The van der Waals surface area contributed by atoms with E-state index in [0.29, 0.717) is 28.5 Å². The highest BCUT2D eigenvalue weighted by Crippen LogP contribution is 2.36. The van der Waals surface area contributed by atoms with Crippen LogP contribution in [-0.2, 0) is 4.79 Å². The van der Waals surface area contributed by atoms with E-state index in [9.17, 15) is 14.8 Å². The lowest BCUT2D eigenvalue weighted by Crippen LogP contribution is -2.48. The first-order valence-corrected chi connectivity index (χ1v) is 13.4. The third kappa shape index (κ3) is 6.09. The zero-order valence-corrected chi connectivity index (χ0v) is 22.9. The zero-order valence-electron chi connectivity index (χ0n) is 22.2. The molecule has 0 aromatic heterocycles. The zero-order chi connectivity index (χ0) is 28.2. The fourth-order valence-corrected chi connectivity index (χ4v) is 5.07. The van der Waals surface area contributed by atoms with Crippen molar-refractivity contribution in [3.8, 4) is 11.5 Å². The van der Waals surface area contributed by atoms with Gasteiger partial charge in [0.1, 0.15) is 24.3 Å². The van der Waals surface area contributed by atoms with Crippen molar-refractivity contribution in [2.45, 2.75) is 31.7 Å². The van der Waals surface area contributed by atoms with Crippen molar-refractivity contribution in [1.29, 1.82) is 0 Å². The number of ether oxygens (including phenoxy) is 2. The van der Waals surface area contributed by atoms with Crippen molar-refractivity contribution in [1.82, 2.24) is 16.2 Å². The summed E-state index contributed by atoms with van der Waals surface area (Å²) in [6.45, 7) is 2.61. The molecular formula is C28H31BClN5O5. The first-order valence-electron chi connectivity index (χ1n) is 13.0. The number of methoxy groups -OCH3 is 1. The Hall–Kier alpha value is -3.61. The molecule has 2 heterocycles. The second-order valence-corrected chi connectivity index (χ2v) is 10.0. The fourth-order valence-electron chi connectivity index (χ4n) is 4.94. The fraction of sp³-hybridized carbons (Fsp3) is 0.286. The number of rotatable bonds is 9. The summed E-state index contributed by atoms with van der Waals surface area (Å²) >= 11 is 6.17. The summed E-state index contributed by atoms with van der Waals surface area (Å²) in [5.74, 6) is 1.12. The Labute approximate surface area is 238 Å². The Kier molecular flexibility index (Phi) is 8.58. The van der Waals surface area contributed by atoms with Crippen LogP contribution in [0.3, 0.4) is 0 Å². The predicted molar refractivity (Wildman–Crippen MR) is 155 cm³/mol. The number of carbonyl (C=O) groups is 1. The quantitative estimate of drug-likeness (QED) is 0.195. The minimum absolute atomic E-state index is 0.0470. The molecule has 0 spiro atoms. The highest BCUT2D eigenvalue weighted by molar-refractivity contribution is 6.58. The third-order valence-electron chi connectivity index (χ3n) is 6.94. The maximum atomic E-state index is 13.1. The number of halogens is 1. The van der Waals surface area contributed by atoms with Gasteiger partial charge < -0.3 is 29.7 Å². The van der Waals surface area contributed by atoms with E-state index >= 15 is 0 Å². The molecule has 5 rings (SSSR count). The number of amides is 1. The second kappa shape index (κ2) is 12.3. The molecule has 3 aromatic rings.